The molecule has 0 fully saturated rings. The van der Waals surface area contributed by atoms with Gasteiger partial charge in [0.15, 0.2) is 0 Å². The molecule has 0 aliphatic heterocycles. The minimum Gasteiger partial charge on any atom is -0.310 e. The third kappa shape index (κ3) is 4.31. The molecule has 2 heterocycles. The number of amides is 1. The number of nitrogens with one attached hydrogen (secondary N) is 1. The molecule has 3 rings (SSSR count). The molecule has 0 aliphatic rings. The van der Waals surface area contributed by atoms with E-state index >= 15 is 0 Å². The van der Waals surface area contributed by atoms with E-state index in [4.69, 9.17) is 4.98 Å². The van der Waals surface area contributed by atoms with Crippen LogP contribution in [0.5, 0.6) is 0 Å². The summed E-state index contributed by atoms with van der Waals surface area (Å²) in [6, 6.07) is 14.1. The molecule has 1 aromatic carbocycles. The molecule has 0 bridgehead atoms. The number of nitrogens with zero attached hydrogens (tertiary/aromatic N) is 2. The zero-order valence-electron chi connectivity index (χ0n) is 15.7. The first kappa shape index (κ1) is 18.2. The molecule has 136 valence electrons. The lowest BCUT2D eigenvalue weighted by atomic mass is 10.1. The summed E-state index contributed by atoms with van der Waals surface area (Å²) >= 11 is 0. The summed E-state index contributed by atoms with van der Waals surface area (Å²) in [4.78, 5) is 17.2. The summed E-state index contributed by atoms with van der Waals surface area (Å²) in [6.45, 7) is 4.26. The van der Waals surface area contributed by atoms with Crippen molar-refractivity contribution in [3.05, 3.63) is 54.2 Å². The van der Waals surface area contributed by atoms with Crippen LogP contribution in [-0.4, -0.2) is 15.3 Å². The Labute approximate surface area is 155 Å². The van der Waals surface area contributed by atoms with Gasteiger partial charge in [0.05, 0.1) is 0 Å². The summed E-state index contributed by atoms with van der Waals surface area (Å²) in [5, 5.41) is 3.10. The Bertz CT molecular complexity index is 865. The van der Waals surface area contributed by atoms with Gasteiger partial charge in [0, 0.05) is 18.2 Å². The Balaban J connectivity index is 1.81. The van der Waals surface area contributed by atoms with Crippen LogP contribution in [0.15, 0.2) is 48.7 Å². The van der Waals surface area contributed by atoms with Crippen molar-refractivity contribution in [3.63, 3.8) is 0 Å². The highest BCUT2D eigenvalue weighted by Gasteiger charge is 2.16. The smallest absolute Gasteiger partial charge is 0.225 e. The maximum Gasteiger partial charge on any atom is 0.225 e. The van der Waals surface area contributed by atoms with E-state index in [9.17, 15) is 4.79 Å². The summed E-state index contributed by atoms with van der Waals surface area (Å²) < 4.78 is 1.95. The molecule has 1 N–H and O–H groups in total. The molecule has 0 aliphatic carbocycles. The normalized spacial score (nSPS) is 11.0. The topological polar surface area (TPSA) is 46.4 Å². The minimum absolute atomic E-state index is 0.0560. The van der Waals surface area contributed by atoms with Gasteiger partial charge in [0.25, 0.3) is 0 Å². The molecular formula is C22H27N3O. The Morgan fingerprint density at radius 2 is 1.81 bits per heavy atom. The van der Waals surface area contributed by atoms with Gasteiger partial charge in [-0.15, -0.1) is 0 Å². The fraction of sp³-hybridized carbons (Fsp3) is 0.364. The van der Waals surface area contributed by atoms with Gasteiger partial charge in [0.2, 0.25) is 5.91 Å². The zero-order valence-corrected chi connectivity index (χ0v) is 15.7. The van der Waals surface area contributed by atoms with E-state index in [0.717, 1.165) is 35.6 Å². The van der Waals surface area contributed by atoms with Gasteiger partial charge in [-0.25, -0.2) is 4.98 Å². The van der Waals surface area contributed by atoms with Gasteiger partial charge in [-0.05, 0) is 25.5 Å². The highest BCUT2D eigenvalue weighted by molar-refractivity contribution is 5.94. The number of rotatable bonds is 8. The van der Waals surface area contributed by atoms with Gasteiger partial charge >= 0.3 is 0 Å². The van der Waals surface area contributed by atoms with Crippen molar-refractivity contribution in [2.24, 2.45) is 0 Å². The van der Waals surface area contributed by atoms with E-state index in [0.29, 0.717) is 6.42 Å². The Kier molecular flexibility index (Phi) is 6.05. The van der Waals surface area contributed by atoms with Gasteiger partial charge in [-0.1, -0.05) is 68.5 Å². The Morgan fingerprint density at radius 1 is 1.04 bits per heavy atom. The third-order valence-electron chi connectivity index (χ3n) is 4.62. The van der Waals surface area contributed by atoms with Crippen LogP contribution in [0.3, 0.4) is 0 Å². The number of aryl methyl sites for hydroxylation is 1. The van der Waals surface area contributed by atoms with Crippen LogP contribution in [0.2, 0.25) is 0 Å². The maximum absolute atomic E-state index is 12.5. The number of fused-ring (bicyclic) bond motifs is 1. The molecule has 0 radical (unpaired) electrons. The van der Waals surface area contributed by atoms with Gasteiger partial charge in [-0.3, -0.25) is 9.20 Å². The number of carbonyl (C=O) groups excluding carboxylic acids is 1. The van der Waals surface area contributed by atoms with Crippen molar-refractivity contribution in [2.75, 3.05) is 5.32 Å². The Morgan fingerprint density at radius 3 is 2.58 bits per heavy atom. The lowest BCUT2D eigenvalue weighted by molar-refractivity contribution is -0.116. The number of unbranched alkanes of at least 4 members (excludes halogenated alkanes) is 4. The average Bonchev–Trinajstić information content (AvgIpc) is 3.01. The standard InChI is InChI=1S/C22H27N3O/c1-3-4-5-6-7-11-20(26)24-22-21(18-14-12-17(2)13-15-18)23-19-10-8-9-16-25(19)22/h8-10,12-16H,3-7,11H2,1-2H3,(H,24,26). The zero-order chi connectivity index (χ0) is 18.4. The van der Waals surface area contributed by atoms with E-state index in [1.165, 1.54) is 24.8 Å². The lowest BCUT2D eigenvalue weighted by Crippen LogP contribution is -2.13. The van der Waals surface area contributed by atoms with Crippen molar-refractivity contribution >= 4 is 17.4 Å². The van der Waals surface area contributed by atoms with Crippen molar-refractivity contribution in [1.29, 1.82) is 0 Å². The molecule has 0 atom stereocenters. The van der Waals surface area contributed by atoms with Crippen molar-refractivity contribution in [3.8, 4) is 11.3 Å². The predicted molar refractivity (Wildman–Crippen MR) is 107 cm³/mol. The summed E-state index contributed by atoms with van der Waals surface area (Å²) in [6.07, 6.45) is 8.20. The maximum atomic E-state index is 12.5. The fourth-order valence-corrected chi connectivity index (χ4v) is 3.11. The number of hydrogen-bond donors (Lipinski definition) is 1. The second kappa shape index (κ2) is 8.65. The molecule has 26 heavy (non-hydrogen) atoms. The monoisotopic (exact) mass is 349 g/mol. The van der Waals surface area contributed by atoms with Gasteiger partial charge in [0.1, 0.15) is 17.2 Å². The number of benzene rings is 1. The number of anilines is 1. The van der Waals surface area contributed by atoms with E-state index in [-0.39, 0.29) is 5.91 Å². The van der Waals surface area contributed by atoms with Crippen LogP contribution in [0.25, 0.3) is 16.9 Å². The highest BCUT2D eigenvalue weighted by Crippen LogP contribution is 2.29. The molecule has 2 aromatic heterocycles. The van der Waals surface area contributed by atoms with E-state index in [1.807, 2.05) is 28.8 Å². The molecule has 1 amide bonds. The molecule has 0 saturated heterocycles. The molecule has 0 unspecified atom stereocenters. The Hall–Kier alpha value is -2.62. The summed E-state index contributed by atoms with van der Waals surface area (Å²) in [7, 11) is 0. The molecular weight excluding hydrogens is 322 g/mol. The molecule has 4 heteroatoms. The fourth-order valence-electron chi connectivity index (χ4n) is 3.11. The second-order valence-electron chi connectivity index (χ2n) is 6.82. The summed E-state index contributed by atoms with van der Waals surface area (Å²) in [5.74, 6) is 0.809. The van der Waals surface area contributed by atoms with E-state index in [1.54, 1.807) is 0 Å². The van der Waals surface area contributed by atoms with Crippen LogP contribution in [0, 0.1) is 6.92 Å². The van der Waals surface area contributed by atoms with Crippen LogP contribution < -0.4 is 5.32 Å². The van der Waals surface area contributed by atoms with Gasteiger partial charge in [-0.2, -0.15) is 0 Å². The third-order valence-corrected chi connectivity index (χ3v) is 4.62. The molecule has 3 aromatic rings. The number of aromatic nitrogens is 2. The molecule has 0 spiro atoms. The first-order chi connectivity index (χ1) is 12.7. The van der Waals surface area contributed by atoms with Crippen LogP contribution in [0.1, 0.15) is 51.0 Å². The van der Waals surface area contributed by atoms with Crippen molar-refractivity contribution < 1.29 is 4.79 Å². The largest absolute Gasteiger partial charge is 0.310 e. The lowest BCUT2D eigenvalue weighted by Gasteiger charge is -2.08. The number of carbonyl (C=O) groups is 1. The van der Waals surface area contributed by atoms with E-state index < -0.39 is 0 Å². The van der Waals surface area contributed by atoms with Crippen molar-refractivity contribution in [2.45, 2.75) is 52.4 Å². The van der Waals surface area contributed by atoms with Crippen LogP contribution >= 0.6 is 0 Å². The number of imidazole rings is 1. The SMILES string of the molecule is CCCCCCCC(=O)Nc1c(-c2ccc(C)cc2)nc2ccccn12. The predicted octanol–water partition coefficient (Wildman–Crippen LogP) is 5.61. The average molecular weight is 349 g/mol. The number of hydrogen-bond acceptors (Lipinski definition) is 2. The van der Waals surface area contributed by atoms with Crippen molar-refractivity contribution in [1.82, 2.24) is 9.38 Å². The van der Waals surface area contributed by atoms with Crippen LogP contribution in [0.4, 0.5) is 5.82 Å². The van der Waals surface area contributed by atoms with E-state index in [2.05, 4.69) is 43.4 Å². The number of pyridine rings is 1. The minimum atomic E-state index is 0.0560. The highest BCUT2D eigenvalue weighted by atomic mass is 16.1. The quantitative estimate of drug-likeness (QED) is 0.537. The summed E-state index contributed by atoms with van der Waals surface area (Å²) in [5.41, 5.74) is 3.87. The first-order valence-corrected chi connectivity index (χ1v) is 9.53. The van der Waals surface area contributed by atoms with Crippen LogP contribution in [-0.2, 0) is 4.79 Å². The second-order valence-corrected chi connectivity index (χ2v) is 6.82. The molecule has 4 nitrogen and oxygen atoms in total. The van der Waals surface area contributed by atoms with Gasteiger partial charge < -0.3 is 5.32 Å². The molecule has 0 saturated carbocycles. The first-order valence-electron chi connectivity index (χ1n) is 9.53.